The monoisotopic (exact) mass is 430 g/mol. The maximum atomic E-state index is 5.91. The highest BCUT2D eigenvalue weighted by Gasteiger charge is 2.34. The summed E-state index contributed by atoms with van der Waals surface area (Å²) in [5, 5.41) is 7.12. The Morgan fingerprint density at radius 3 is 1.37 bits per heavy atom. The summed E-state index contributed by atoms with van der Waals surface area (Å²) in [6.07, 6.45) is 10.9. The molecule has 0 aliphatic carbocycles. The van der Waals surface area contributed by atoms with Crippen molar-refractivity contribution in [3.05, 3.63) is 0 Å². The Morgan fingerprint density at radius 1 is 0.467 bits per heavy atom. The van der Waals surface area contributed by atoms with Gasteiger partial charge in [-0.15, -0.1) is 0 Å². The van der Waals surface area contributed by atoms with E-state index in [9.17, 15) is 0 Å². The average molecular weight is 431 g/mol. The van der Waals surface area contributed by atoms with Crippen molar-refractivity contribution in [3.63, 3.8) is 0 Å². The van der Waals surface area contributed by atoms with Crippen LogP contribution >= 0.6 is 0 Å². The van der Waals surface area contributed by atoms with Crippen LogP contribution in [0.15, 0.2) is 0 Å². The van der Waals surface area contributed by atoms with Crippen molar-refractivity contribution in [2.75, 3.05) is 72.0 Å². The zero-order valence-corrected chi connectivity index (χ0v) is 19.7. The van der Waals surface area contributed by atoms with Crippen molar-refractivity contribution >= 4 is 0 Å². The Labute approximate surface area is 186 Å². The van der Waals surface area contributed by atoms with Crippen LogP contribution in [0, 0.1) is 0 Å². The number of nitrogens with one attached hydrogen (secondary N) is 2. The third-order valence-corrected chi connectivity index (χ3v) is 5.91. The minimum absolute atomic E-state index is 0.139. The first kappa shape index (κ1) is 29.7. The van der Waals surface area contributed by atoms with Crippen molar-refractivity contribution in [2.24, 2.45) is 28.7 Å². The number of nitrogens with two attached hydrogens (primary N) is 5. The maximum absolute atomic E-state index is 5.91. The Bertz CT molecular complexity index is 327. The summed E-state index contributed by atoms with van der Waals surface area (Å²) >= 11 is 0. The quantitative estimate of drug-likeness (QED) is 0.105. The standard InChI is InChI=1S/C22H54N8/c23-11-3-8-22(9-4-12-24,30(20-6-14-26)21-7-15-27)10-19-29-17-2-1-16-28-18-5-13-25/h28-29H,1-21,23-27H2. The molecule has 0 saturated heterocycles. The molecule has 0 saturated carbocycles. The summed E-state index contributed by atoms with van der Waals surface area (Å²) in [5.41, 5.74) is 29.1. The lowest BCUT2D eigenvalue weighted by Crippen LogP contribution is -2.52. The molecule has 0 amide bonds. The molecule has 0 fully saturated rings. The fourth-order valence-corrected chi connectivity index (χ4v) is 4.16. The van der Waals surface area contributed by atoms with Crippen molar-refractivity contribution in [1.29, 1.82) is 0 Å². The molecule has 0 bridgehead atoms. The summed E-state index contributed by atoms with van der Waals surface area (Å²) in [7, 11) is 0. The van der Waals surface area contributed by atoms with E-state index in [2.05, 4.69) is 15.5 Å². The lowest BCUT2D eigenvalue weighted by atomic mass is 9.82. The smallest absolute Gasteiger partial charge is 0.0222 e. The van der Waals surface area contributed by atoms with Gasteiger partial charge >= 0.3 is 0 Å². The zero-order valence-electron chi connectivity index (χ0n) is 19.7. The normalized spacial score (nSPS) is 12.2. The lowest BCUT2D eigenvalue weighted by molar-refractivity contribution is 0.0560. The molecule has 0 atom stereocenters. The lowest BCUT2D eigenvalue weighted by Gasteiger charge is -2.45. The van der Waals surface area contributed by atoms with Crippen LogP contribution in [0.5, 0.6) is 0 Å². The second-order valence-corrected chi connectivity index (χ2v) is 8.38. The molecular formula is C22H54N8. The number of hydrogen-bond donors (Lipinski definition) is 7. The van der Waals surface area contributed by atoms with E-state index in [4.69, 9.17) is 28.7 Å². The molecule has 30 heavy (non-hydrogen) atoms. The van der Waals surface area contributed by atoms with Gasteiger partial charge in [0.25, 0.3) is 0 Å². The molecule has 8 nitrogen and oxygen atoms in total. The van der Waals surface area contributed by atoms with E-state index in [0.29, 0.717) is 0 Å². The first-order valence-corrected chi connectivity index (χ1v) is 12.4. The van der Waals surface area contributed by atoms with Crippen LogP contribution in [0.4, 0.5) is 0 Å². The van der Waals surface area contributed by atoms with Crippen LogP contribution in [0.2, 0.25) is 0 Å². The van der Waals surface area contributed by atoms with E-state index in [0.717, 1.165) is 123 Å². The Balaban J connectivity index is 4.70. The van der Waals surface area contributed by atoms with Crippen LogP contribution in [0.1, 0.15) is 64.2 Å². The van der Waals surface area contributed by atoms with Gasteiger partial charge in [0, 0.05) is 5.54 Å². The highest BCUT2D eigenvalue weighted by atomic mass is 15.2. The molecule has 182 valence electrons. The van der Waals surface area contributed by atoms with Gasteiger partial charge in [-0.2, -0.15) is 0 Å². The minimum Gasteiger partial charge on any atom is -0.330 e. The van der Waals surface area contributed by atoms with Crippen LogP contribution in [0.25, 0.3) is 0 Å². The summed E-state index contributed by atoms with van der Waals surface area (Å²) in [6, 6.07) is 0. The SMILES string of the molecule is NCCCNCCCCNCCC(CCCN)(CCCN)N(CCCN)CCCN. The fourth-order valence-electron chi connectivity index (χ4n) is 4.16. The summed E-state index contributed by atoms with van der Waals surface area (Å²) < 4.78 is 0. The molecule has 0 aromatic carbocycles. The molecule has 0 aliphatic heterocycles. The van der Waals surface area contributed by atoms with E-state index in [-0.39, 0.29) is 5.54 Å². The summed E-state index contributed by atoms with van der Waals surface area (Å²) in [6.45, 7) is 9.92. The molecule has 0 unspecified atom stereocenters. The molecule has 0 heterocycles. The number of nitrogens with zero attached hydrogens (tertiary/aromatic N) is 1. The van der Waals surface area contributed by atoms with Gasteiger partial charge in [0.2, 0.25) is 0 Å². The molecule has 0 aromatic rings. The van der Waals surface area contributed by atoms with Crippen LogP contribution in [-0.4, -0.2) is 82.4 Å². The average Bonchev–Trinajstić information content (AvgIpc) is 2.76. The highest BCUT2D eigenvalue weighted by Crippen LogP contribution is 2.31. The van der Waals surface area contributed by atoms with Crippen molar-refractivity contribution < 1.29 is 0 Å². The van der Waals surface area contributed by atoms with Gasteiger partial charge in [-0.05, 0) is 136 Å². The third-order valence-electron chi connectivity index (χ3n) is 5.91. The Kier molecular flexibility index (Phi) is 21.7. The number of rotatable bonds is 24. The first-order valence-electron chi connectivity index (χ1n) is 12.4. The molecule has 0 aromatic heterocycles. The molecular weight excluding hydrogens is 376 g/mol. The first-order chi connectivity index (χ1) is 14.7. The molecule has 0 aliphatic rings. The van der Waals surface area contributed by atoms with Gasteiger partial charge in [0.1, 0.15) is 0 Å². The molecule has 8 heteroatoms. The van der Waals surface area contributed by atoms with E-state index >= 15 is 0 Å². The van der Waals surface area contributed by atoms with Crippen LogP contribution < -0.4 is 39.3 Å². The Morgan fingerprint density at radius 2 is 0.900 bits per heavy atom. The number of hydrogen-bond acceptors (Lipinski definition) is 8. The van der Waals surface area contributed by atoms with E-state index in [1.165, 1.54) is 12.8 Å². The van der Waals surface area contributed by atoms with Gasteiger partial charge in [-0.3, -0.25) is 4.90 Å². The van der Waals surface area contributed by atoms with Gasteiger partial charge in [0.15, 0.2) is 0 Å². The second-order valence-electron chi connectivity index (χ2n) is 8.38. The topological polar surface area (TPSA) is 157 Å². The molecule has 0 spiro atoms. The summed E-state index contributed by atoms with van der Waals surface area (Å²) in [5.74, 6) is 0. The van der Waals surface area contributed by atoms with E-state index in [1.807, 2.05) is 0 Å². The zero-order chi connectivity index (χ0) is 22.3. The molecule has 0 radical (unpaired) electrons. The number of unbranched alkanes of at least 4 members (excludes halogenated alkanes) is 1. The van der Waals surface area contributed by atoms with Crippen LogP contribution in [0.3, 0.4) is 0 Å². The van der Waals surface area contributed by atoms with Gasteiger partial charge in [0.05, 0.1) is 0 Å². The van der Waals surface area contributed by atoms with Gasteiger partial charge < -0.3 is 39.3 Å². The third kappa shape index (κ3) is 14.6. The molecule has 0 rings (SSSR count). The second kappa shape index (κ2) is 21.9. The minimum atomic E-state index is 0.139. The summed E-state index contributed by atoms with van der Waals surface area (Å²) in [4.78, 5) is 2.65. The van der Waals surface area contributed by atoms with Gasteiger partial charge in [-0.1, -0.05) is 0 Å². The van der Waals surface area contributed by atoms with Gasteiger partial charge in [-0.25, -0.2) is 0 Å². The molecule has 12 N–H and O–H groups in total. The van der Waals surface area contributed by atoms with E-state index in [1.54, 1.807) is 0 Å². The largest absolute Gasteiger partial charge is 0.330 e. The van der Waals surface area contributed by atoms with Crippen LogP contribution in [-0.2, 0) is 0 Å². The van der Waals surface area contributed by atoms with Crippen molar-refractivity contribution in [3.8, 4) is 0 Å². The Hall–Kier alpha value is -0.320. The van der Waals surface area contributed by atoms with E-state index < -0.39 is 0 Å². The predicted octanol–water partition coefficient (Wildman–Crippen LogP) is -0.0991. The predicted molar refractivity (Wildman–Crippen MR) is 131 cm³/mol. The van der Waals surface area contributed by atoms with Crippen molar-refractivity contribution in [1.82, 2.24) is 15.5 Å². The highest BCUT2D eigenvalue weighted by molar-refractivity contribution is 4.92. The fraction of sp³-hybridized carbons (Fsp3) is 1.00. The maximum Gasteiger partial charge on any atom is 0.0222 e. The van der Waals surface area contributed by atoms with Crippen molar-refractivity contribution in [2.45, 2.75) is 69.7 Å².